The number of nitrogen functional groups attached to an aromatic ring is 1. The van der Waals surface area contributed by atoms with Gasteiger partial charge in [0.2, 0.25) is 0 Å². The first kappa shape index (κ1) is 25.1. The largest absolute Gasteiger partial charge is 0.382 e. The molecule has 7 rings (SSSR count). The normalized spacial score (nSPS) is 21.1. The number of fused-ring (bicyclic) bond motifs is 2. The van der Waals surface area contributed by atoms with E-state index in [9.17, 15) is 5.11 Å². The number of nitrogens with two attached hydrogens (primary N) is 2. The molecular weight excluding hydrogens is 498 g/mol. The van der Waals surface area contributed by atoms with Crippen molar-refractivity contribution < 1.29 is 5.11 Å². The summed E-state index contributed by atoms with van der Waals surface area (Å²) < 4.78 is 2.14. The Kier molecular flexibility index (Phi) is 6.46. The summed E-state index contributed by atoms with van der Waals surface area (Å²) in [6.45, 7) is 3.13. The highest BCUT2D eigenvalue weighted by Gasteiger charge is 2.36. The molecule has 40 heavy (non-hydrogen) atoms. The van der Waals surface area contributed by atoms with E-state index in [1.807, 2.05) is 24.4 Å². The van der Waals surface area contributed by atoms with Gasteiger partial charge >= 0.3 is 0 Å². The molecule has 1 saturated heterocycles. The van der Waals surface area contributed by atoms with Crippen LogP contribution >= 0.6 is 0 Å². The number of rotatable bonds is 6. The molecule has 4 heterocycles. The van der Waals surface area contributed by atoms with Crippen molar-refractivity contribution in [2.75, 3.05) is 25.4 Å². The average Bonchev–Trinajstić information content (AvgIpc) is 3.35. The summed E-state index contributed by atoms with van der Waals surface area (Å²) in [4.78, 5) is 17.1. The van der Waals surface area contributed by atoms with Gasteiger partial charge in [-0.25, -0.2) is 15.0 Å². The van der Waals surface area contributed by atoms with Gasteiger partial charge in [-0.05, 0) is 56.8 Å². The van der Waals surface area contributed by atoms with Gasteiger partial charge in [0, 0.05) is 47.3 Å². The van der Waals surface area contributed by atoms with E-state index in [1.54, 1.807) is 6.20 Å². The zero-order chi connectivity index (χ0) is 27.2. The lowest BCUT2D eigenvalue weighted by atomic mass is 9.74. The maximum atomic E-state index is 9.70. The maximum absolute atomic E-state index is 9.70. The van der Waals surface area contributed by atoms with Gasteiger partial charge in [0.15, 0.2) is 0 Å². The molecule has 5 N–H and O–H groups in total. The van der Waals surface area contributed by atoms with E-state index < -0.39 is 6.23 Å². The number of aliphatic hydroxyl groups excluding tert-OH is 1. The zero-order valence-corrected chi connectivity index (χ0v) is 22.5. The summed E-state index contributed by atoms with van der Waals surface area (Å²) in [5.74, 6) is 2.82. The molecule has 3 aromatic heterocycles. The van der Waals surface area contributed by atoms with E-state index >= 15 is 0 Å². The third-order valence-electron chi connectivity index (χ3n) is 8.88. The van der Waals surface area contributed by atoms with Crippen LogP contribution in [0.3, 0.4) is 0 Å². The number of aliphatic hydroxyl groups is 1. The highest BCUT2D eigenvalue weighted by Crippen LogP contribution is 2.44. The van der Waals surface area contributed by atoms with Crippen LogP contribution in [0, 0.1) is 11.8 Å². The number of hydrogen-bond donors (Lipinski definition) is 3. The third kappa shape index (κ3) is 4.62. The summed E-state index contributed by atoms with van der Waals surface area (Å²) in [6.07, 6.45) is 7.23. The first-order valence-corrected chi connectivity index (χ1v) is 14.3. The van der Waals surface area contributed by atoms with E-state index in [-0.39, 0.29) is 5.92 Å². The van der Waals surface area contributed by atoms with Crippen LogP contribution in [0.15, 0.2) is 73.1 Å². The van der Waals surface area contributed by atoms with E-state index in [4.69, 9.17) is 21.4 Å². The second kappa shape index (κ2) is 10.3. The topological polar surface area (TPSA) is 119 Å². The first-order valence-electron chi connectivity index (χ1n) is 14.3. The average molecular weight is 534 g/mol. The van der Waals surface area contributed by atoms with E-state index in [1.165, 1.54) is 0 Å². The molecule has 1 saturated carbocycles. The number of pyridine rings is 1. The predicted octanol–water partition coefficient (Wildman–Crippen LogP) is 4.68. The van der Waals surface area contributed by atoms with Crippen molar-refractivity contribution in [2.24, 2.45) is 17.6 Å². The molecule has 1 aliphatic carbocycles. The lowest BCUT2D eigenvalue weighted by Crippen LogP contribution is -2.44. The second-order valence-corrected chi connectivity index (χ2v) is 11.5. The van der Waals surface area contributed by atoms with Crippen molar-refractivity contribution >= 4 is 22.2 Å². The summed E-state index contributed by atoms with van der Waals surface area (Å²) in [5, 5.41) is 10.8. The summed E-state index contributed by atoms with van der Waals surface area (Å²) in [5.41, 5.74) is 17.8. The SMILES string of the molecule is Nc1nccn2c(C3CC(CN4CCC(C(N)O)CC4)C3)nc(-c3ccc4ccc(-c5ccccc5)nc4c3)c12. The van der Waals surface area contributed by atoms with Crippen LogP contribution in [-0.4, -0.2) is 55.2 Å². The van der Waals surface area contributed by atoms with Crippen LogP contribution in [0.2, 0.25) is 0 Å². The Morgan fingerprint density at radius 3 is 2.50 bits per heavy atom. The molecule has 0 amide bonds. The molecule has 204 valence electrons. The zero-order valence-electron chi connectivity index (χ0n) is 22.5. The molecule has 8 nitrogen and oxygen atoms in total. The number of benzene rings is 2. The fraction of sp³-hybridized carbons (Fsp3) is 0.344. The number of anilines is 1. The number of piperidine rings is 1. The Balaban J connectivity index is 1.15. The molecule has 0 spiro atoms. The van der Waals surface area contributed by atoms with Crippen LogP contribution < -0.4 is 11.5 Å². The fourth-order valence-electron chi connectivity index (χ4n) is 6.55. The monoisotopic (exact) mass is 533 g/mol. The molecule has 1 aliphatic heterocycles. The maximum Gasteiger partial charge on any atom is 0.150 e. The van der Waals surface area contributed by atoms with Crippen LogP contribution in [0.25, 0.3) is 38.9 Å². The van der Waals surface area contributed by atoms with Crippen molar-refractivity contribution in [1.82, 2.24) is 24.3 Å². The lowest BCUT2D eigenvalue weighted by molar-refractivity contribution is 0.0510. The summed E-state index contributed by atoms with van der Waals surface area (Å²) >= 11 is 0. The van der Waals surface area contributed by atoms with Crippen LogP contribution in [0.5, 0.6) is 0 Å². The van der Waals surface area contributed by atoms with Gasteiger partial charge in [-0.3, -0.25) is 4.40 Å². The smallest absolute Gasteiger partial charge is 0.150 e. The van der Waals surface area contributed by atoms with Crippen molar-refractivity contribution in [3.8, 4) is 22.5 Å². The fourth-order valence-corrected chi connectivity index (χ4v) is 6.55. The highest BCUT2D eigenvalue weighted by molar-refractivity contribution is 5.91. The van der Waals surface area contributed by atoms with E-state index in [2.05, 4.69) is 56.7 Å². The van der Waals surface area contributed by atoms with Gasteiger partial charge in [0.05, 0.1) is 11.2 Å². The Morgan fingerprint density at radius 1 is 0.950 bits per heavy atom. The number of imidazole rings is 1. The number of hydrogen-bond acceptors (Lipinski definition) is 7. The molecule has 8 heteroatoms. The van der Waals surface area contributed by atoms with Gasteiger partial charge in [0.1, 0.15) is 29.1 Å². The first-order chi connectivity index (χ1) is 19.5. The highest BCUT2D eigenvalue weighted by atomic mass is 16.3. The Bertz CT molecular complexity index is 1650. The predicted molar refractivity (Wildman–Crippen MR) is 158 cm³/mol. The van der Waals surface area contributed by atoms with Gasteiger partial charge in [-0.2, -0.15) is 0 Å². The summed E-state index contributed by atoms with van der Waals surface area (Å²) in [7, 11) is 0. The molecule has 5 aromatic rings. The molecule has 1 atom stereocenters. The van der Waals surface area contributed by atoms with Gasteiger partial charge in [0.25, 0.3) is 0 Å². The molecule has 2 fully saturated rings. The van der Waals surface area contributed by atoms with Crippen LogP contribution in [0.4, 0.5) is 5.82 Å². The molecule has 0 radical (unpaired) electrons. The van der Waals surface area contributed by atoms with Crippen molar-refractivity contribution in [3.05, 3.63) is 78.9 Å². The molecule has 2 aliphatic rings. The Hall–Kier alpha value is -3.85. The Labute approximate surface area is 233 Å². The third-order valence-corrected chi connectivity index (χ3v) is 8.88. The minimum absolute atomic E-state index is 0.231. The lowest BCUT2D eigenvalue weighted by Gasteiger charge is -2.40. The van der Waals surface area contributed by atoms with Crippen molar-refractivity contribution in [1.29, 1.82) is 0 Å². The van der Waals surface area contributed by atoms with E-state index in [0.29, 0.717) is 17.7 Å². The molecule has 2 aromatic carbocycles. The standard InChI is InChI=1S/C32H35N7O/c33-30-29-28(24-7-6-22-8-9-26(36-27(22)18-24)21-4-2-1-3-5-21)37-32(39(29)15-12-35-30)25-16-20(17-25)19-38-13-10-23(11-14-38)31(34)40/h1-9,12,15,18,20,23,25,31,40H,10-11,13-14,16-17,19,34H2,(H2,33,35). The van der Waals surface area contributed by atoms with Gasteiger partial charge < -0.3 is 21.5 Å². The Morgan fingerprint density at radius 2 is 1.73 bits per heavy atom. The molecule has 1 unspecified atom stereocenters. The minimum Gasteiger partial charge on any atom is -0.382 e. The minimum atomic E-state index is -0.690. The van der Waals surface area contributed by atoms with Gasteiger partial charge in [-0.1, -0.05) is 48.5 Å². The second-order valence-electron chi connectivity index (χ2n) is 11.5. The van der Waals surface area contributed by atoms with Crippen LogP contribution in [-0.2, 0) is 0 Å². The van der Waals surface area contributed by atoms with Gasteiger partial charge in [-0.15, -0.1) is 0 Å². The number of aromatic nitrogens is 4. The van der Waals surface area contributed by atoms with Crippen molar-refractivity contribution in [2.45, 2.75) is 37.8 Å². The number of likely N-dealkylation sites (tertiary alicyclic amines) is 1. The van der Waals surface area contributed by atoms with Crippen molar-refractivity contribution in [3.63, 3.8) is 0 Å². The quantitative estimate of drug-likeness (QED) is 0.271. The number of nitrogens with zero attached hydrogens (tertiary/aromatic N) is 5. The molecule has 0 bridgehead atoms. The van der Waals surface area contributed by atoms with E-state index in [0.717, 1.165) is 90.1 Å². The summed E-state index contributed by atoms with van der Waals surface area (Å²) in [6, 6.07) is 20.8. The van der Waals surface area contributed by atoms with Crippen LogP contribution in [0.1, 0.15) is 37.4 Å². The molecular formula is C32H35N7O.